The normalized spacial score (nSPS) is 26.0. The molecule has 1 saturated heterocycles. The molecule has 1 heterocycles. The van der Waals surface area contributed by atoms with Crippen LogP contribution in [0.15, 0.2) is 11.3 Å². The molecule has 5 heteroatoms. The molecule has 0 saturated carbocycles. The number of methoxy groups -OCH3 is 1. The molecule has 0 aliphatic carbocycles. The number of hydrogen-bond acceptors (Lipinski definition) is 4. The lowest BCUT2D eigenvalue weighted by molar-refractivity contribution is -0.113. The van der Waals surface area contributed by atoms with Crippen LogP contribution in [-0.4, -0.2) is 51.0 Å². The maximum absolute atomic E-state index is 11.0. The van der Waals surface area contributed by atoms with Crippen molar-refractivity contribution in [2.75, 3.05) is 7.11 Å². The lowest BCUT2D eigenvalue weighted by atomic mass is 9.89. The van der Waals surface area contributed by atoms with Crippen molar-refractivity contribution in [1.82, 2.24) is 0 Å². The largest absolute Gasteiger partial charge is 0.393 e. The van der Waals surface area contributed by atoms with Gasteiger partial charge in [-0.25, -0.2) is 0 Å². The summed E-state index contributed by atoms with van der Waals surface area (Å²) in [5.74, 6) is 0.455. The number of aliphatic hydroxyl groups excluding tert-OH is 1. The third kappa shape index (κ3) is 10.6. The summed E-state index contributed by atoms with van der Waals surface area (Å²) in [6.45, 7) is 11.4. The minimum Gasteiger partial charge on any atom is -0.393 e. The van der Waals surface area contributed by atoms with Gasteiger partial charge in [-0.2, -0.15) is 0 Å². The summed E-state index contributed by atoms with van der Waals surface area (Å²) >= 11 is 0. The Morgan fingerprint density at radius 3 is 2.48 bits per heavy atom. The van der Waals surface area contributed by atoms with E-state index >= 15 is 0 Å². The smallest absolute Gasteiger partial charge is 0.122 e. The van der Waals surface area contributed by atoms with E-state index in [1.54, 1.807) is 7.11 Å². The molecule has 0 aromatic carbocycles. The number of aldehydes is 1. The average Bonchev–Trinajstić information content (AvgIpc) is 2.52. The van der Waals surface area contributed by atoms with E-state index in [9.17, 15) is 9.90 Å². The van der Waals surface area contributed by atoms with Crippen molar-refractivity contribution in [2.24, 2.45) is 5.92 Å². The van der Waals surface area contributed by atoms with Crippen LogP contribution in [0.5, 0.6) is 0 Å². The van der Waals surface area contributed by atoms with Gasteiger partial charge in [-0.15, -0.1) is 0 Å². The van der Waals surface area contributed by atoms with Crippen molar-refractivity contribution in [3.63, 3.8) is 0 Å². The van der Waals surface area contributed by atoms with Gasteiger partial charge in [0.2, 0.25) is 0 Å². The predicted octanol–water partition coefficient (Wildman–Crippen LogP) is 4.91. The summed E-state index contributed by atoms with van der Waals surface area (Å²) < 4.78 is 11.9. The molecular weight excluding hydrogens is 356 g/mol. The van der Waals surface area contributed by atoms with E-state index in [0.717, 1.165) is 44.8 Å². The van der Waals surface area contributed by atoms with Gasteiger partial charge in [-0.1, -0.05) is 51.2 Å². The first-order chi connectivity index (χ1) is 12.7. The number of carbonyl (C=O) groups is 1. The van der Waals surface area contributed by atoms with E-state index in [4.69, 9.17) is 9.47 Å². The minimum absolute atomic E-state index is 0.0284. The van der Waals surface area contributed by atoms with E-state index < -0.39 is 8.07 Å². The van der Waals surface area contributed by atoms with Gasteiger partial charge in [-0.05, 0) is 44.4 Å². The summed E-state index contributed by atoms with van der Waals surface area (Å²) in [6, 6.07) is 0. The van der Waals surface area contributed by atoms with Crippen molar-refractivity contribution in [3.05, 3.63) is 11.3 Å². The molecule has 0 aromatic heterocycles. The van der Waals surface area contributed by atoms with E-state index in [2.05, 4.69) is 39.2 Å². The molecule has 1 rings (SSSR count). The lowest BCUT2D eigenvalue weighted by Crippen LogP contribution is -2.32. The van der Waals surface area contributed by atoms with Gasteiger partial charge in [0.15, 0.2) is 0 Å². The summed E-state index contributed by atoms with van der Waals surface area (Å²) in [4.78, 5) is 11.0. The van der Waals surface area contributed by atoms with Gasteiger partial charge < -0.3 is 19.4 Å². The highest BCUT2D eigenvalue weighted by Gasteiger charge is 2.28. The number of carbonyl (C=O) groups excluding carboxylic acids is 1. The highest BCUT2D eigenvalue weighted by Crippen LogP contribution is 2.32. The monoisotopic (exact) mass is 398 g/mol. The van der Waals surface area contributed by atoms with Crippen molar-refractivity contribution in [2.45, 2.75) is 109 Å². The standard InChI is InChI=1S/C22H42O4Si/c1-7-8-19(24)15-21(25-3)11-17(2)12-22-14-18(16-27(4,5)6)13-20(26-22)9-10-23/h10,16-17,19-22,24H,7-9,11-15H2,1-6H3/b18-16-/t17-,19-,20-,21-,22+/m0/s1. The van der Waals surface area contributed by atoms with Gasteiger partial charge >= 0.3 is 0 Å². The van der Waals surface area contributed by atoms with Gasteiger partial charge in [0.05, 0.1) is 32.5 Å². The molecule has 0 radical (unpaired) electrons. The van der Waals surface area contributed by atoms with Crippen LogP contribution in [0, 0.1) is 5.92 Å². The first-order valence-corrected chi connectivity index (χ1v) is 14.2. The predicted molar refractivity (Wildman–Crippen MR) is 115 cm³/mol. The average molecular weight is 399 g/mol. The van der Waals surface area contributed by atoms with Crippen LogP contribution in [0.25, 0.3) is 0 Å². The molecule has 158 valence electrons. The van der Waals surface area contributed by atoms with Gasteiger partial charge in [0, 0.05) is 13.5 Å². The van der Waals surface area contributed by atoms with Crippen LogP contribution in [0.2, 0.25) is 19.6 Å². The van der Waals surface area contributed by atoms with E-state index in [1.807, 2.05) is 0 Å². The second-order valence-corrected chi connectivity index (χ2v) is 14.5. The minimum atomic E-state index is -1.28. The van der Waals surface area contributed by atoms with Crippen LogP contribution in [-0.2, 0) is 14.3 Å². The van der Waals surface area contributed by atoms with Gasteiger partial charge in [0.1, 0.15) is 6.29 Å². The van der Waals surface area contributed by atoms with E-state index in [1.165, 1.54) is 5.57 Å². The van der Waals surface area contributed by atoms with Crippen LogP contribution in [0.3, 0.4) is 0 Å². The Hall–Kier alpha value is -0.493. The van der Waals surface area contributed by atoms with Crippen LogP contribution in [0.1, 0.15) is 65.2 Å². The second-order valence-electron chi connectivity index (χ2n) is 9.47. The third-order valence-electron chi connectivity index (χ3n) is 5.18. The Labute approximate surface area is 167 Å². The van der Waals surface area contributed by atoms with Crippen molar-refractivity contribution in [1.29, 1.82) is 0 Å². The number of hydrogen-bond donors (Lipinski definition) is 1. The fourth-order valence-electron chi connectivity index (χ4n) is 4.19. The first kappa shape index (κ1) is 24.5. The number of rotatable bonds is 12. The molecule has 0 amide bonds. The molecule has 0 bridgehead atoms. The SMILES string of the molecule is CCC[C@H](O)C[C@H](C[C@H](C)C[C@@H]1C/C(=C\[Si](C)(C)C)C[C@H](CC=O)O1)OC. The summed E-state index contributed by atoms with van der Waals surface area (Å²) in [7, 11) is 0.459. The maximum Gasteiger partial charge on any atom is 0.122 e. The van der Waals surface area contributed by atoms with Crippen molar-refractivity contribution < 1.29 is 19.4 Å². The molecule has 5 atom stereocenters. The third-order valence-corrected chi connectivity index (χ3v) is 6.46. The molecule has 1 aliphatic heterocycles. The first-order valence-electron chi connectivity index (χ1n) is 10.7. The quantitative estimate of drug-likeness (QED) is 0.375. The zero-order valence-corrected chi connectivity index (χ0v) is 19.4. The molecule has 0 unspecified atom stereocenters. The van der Waals surface area contributed by atoms with Crippen molar-refractivity contribution in [3.8, 4) is 0 Å². The topological polar surface area (TPSA) is 55.8 Å². The zero-order chi connectivity index (χ0) is 20.4. The molecule has 1 N–H and O–H groups in total. The molecule has 27 heavy (non-hydrogen) atoms. The molecule has 0 aromatic rings. The van der Waals surface area contributed by atoms with Gasteiger partial charge in [0.25, 0.3) is 0 Å². The van der Waals surface area contributed by atoms with Crippen LogP contribution >= 0.6 is 0 Å². The van der Waals surface area contributed by atoms with Crippen molar-refractivity contribution >= 4 is 14.4 Å². The molecule has 0 spiro atoms. The highest BCUT2D eigenvalue weighted by molar-refractivity contribution is 6.81. The maximum atomic E-state index is 11.0. The lowest BCUT2D eigenvalue weighted by Gasteiger charge is -2.34. The van der Waals surface area contributed by atoms with Crippen LogP contribution < -0.4 is 0 Å². The summed E-state index contributed by atoms with van der Waals surface area (Å²) in [5.41, 5.74) is 3.97. The summed E-state index contributed by atoms with van der Waals surface area (Å²) in [6.07, 6.45) is 7.81. The molecular formula is C22H42O4Si. The fraction of sp³-hybridized carbons (Fsp3) is 0.864. The molecule has 1 aliphatic rings. The summed E-state index contributed by atoms with van der Waals surface area (Å²) in [5, 5.41) is 10.1. The Bertz CT molecular complexity index is 458. The second kappa shape index (κ2) is 12.2. The Balaban J connectivity index is 2.65. The van der Waals surface area contributed by atoms with Gasteiger partial charge in [-0.3, -0.25) is 0 Å². The molecule has 4 nitrogen and oxygen atoms in total. The Morgan fingerprint density at radius 2 is 1.93 bits per heavy atom. The van der Waals surface area contributed by atoms with E-state index in [-0.39, 0.29) is 24.4 Å². The Kier molecular flexibility index (Phi) is 11.0. The number of aliphatic hydroxyl groups is 1. The molecule has 1 fully saturated rings. The van der Waals surface area contributed by atoms with Crippen LogP contribution in [0.4, 0.5) is 0 Å². The zero-order valence-electron chi connectivity index (χ0n) is 18.4. The highest BCUT2D eigenvalue weighted by atomic mass is 28.3. The van der Waals surface area contributed by atoms with E-state index in [0.29, 0.717) is 18.8 Å². The Morgan fingerprint density at radius 1 is 1.26 bits per heavy atom. The fourth-order valence-corrected chi connectivity index (χ4v) is 5.65. The number of ether oxygens (including phenoxy) is 2.